The van der Waals surface area contributed by atoms with Gasteiger partial charge in [0.15, 0.2) is 6.61 Å². The standard InChI is InChI=1S/C12H15BrO3/c1-3-15-12(14)8-16-11-6-4-5-10(7-11)9(2)13/h4-7,9H,3,8H2,1-2H3. The van der Waals surface area contributed by atoms with E-state index in [1.165, 1.54) is 0 Å². The first-order valence-corrected chi connectivity index (χ1v) is 6.07. The van der Waals surface area contributed by atoms with E-state index in [9.17, 15) is 4.79 Å². The second-order valence-corrected chi connectivity index (χ2v) is 4.66. The van der Waals surface area contributed by atoms with Crippen molar-refractivity contribution >= 4 is 21.9 Å². The molecule has 0 bridgehead atoms. The Kier molecular flexibility index (Phi) is 5.32. The smallest absolute Gasteiger partial charge is 0.344 e. The third-order valence-corrected chi connectivity index (χ3v) is 2.51. The highest BCUT2D eigenvalue weighted by molar-refractivity contribution is 9.09. The highest BCUT2D eigenvalue weighted by Crippen LogP contribution is 2.24. The summed E-state index contributed by atoms with van der Waals surface area (Å²) < 4.78 is 10.1. The molecule has 0 amide bonds. The van der Waals surface area contributed by atoms with Crippen molar-refractivity contribution in [2.24, 2.45) is 0 Å². The second kappa shape index (κ2) is 6.53. The summed E-state index contributed by atoms with van der Waals surface area (Å²) in [6, 6.07) is 7.61. The van der Waals surface area contributed by atoms with E-state index < -0.39 is 0 Å². The number of alkyl halides is 1. The van der Waals surface area contributed by atoms with Gasteiger partial charge in [-0.15, -0.1) is 0 Å². The van der Waals surface area contributed by atoms with Crippen molar-refractivity contribution in [1.82, 2.24) is 0 Å². The number of benzene rings is 1. The van der Waals surface area contributed by atoms with Crippen LogP contribution in [0.1, 0.15) is 24.2 Å². The summed E-state index contributed by atoms with van der Waals surface area (Å²) in [7, 11) is 0. The predicted octanol–water partition coefficient (Wildman–Crippen LogP) is 3.08. The molecule has 0 aromatic heterocycles. The summed E-state index contributed by atoms with van der Waals surface area (Å²) in [5, 5.41) is 0. The van der Waals surface area contributed by atoms with Crippen molar-refractivity contribution in [3.05, 3.63) is 29.8 Å². The molecule has 0 N–H and O–H groups in total. The maximum absolute atomic E-state index is 11.1. The molecule has 0 radical (unpaired) electrons. The Morgan fingerprint density at radius 1 is 1.50 bits per heavy atom. The summed E-state index contributed by atoms with van der Waals surface area (Å²) in [5.41, 5.74) is 1.11. The van der Waals surface area contributed by atoms with Gasteiger partial charge in [-0.2, -0.15) is 0 Å². The van der Waals surface area contributed by atoms with Gasteiger partial charge in [0.25, 0.3) is 0 Å². The molecule has 3 nitrogen and oxygen atoms in total. The summed E-state index contributed by atoms with van der Waals surface area (Å²) >= 11 is 3.47. The molecule has 0 saturated heterocycles. The van der Waals surface area contributed by atoms with Crippen LogP contribution in [0.5, 0.6) is 5.75 Å². The van der Waals surface area contributed by atoms with E-state index in [-0.39, 0.29) is 17.4 Å². The van der Waals surface area contributed by atoms with Gasteiger partial charge >= 0.3 is 5.97 Å². The number of halogens is 1. The van der Waals surface area contributed by atoms with Crippen molar-refractivity contribution in [2.45, 2.75) is 18.7 Å². The van der Waals surface area contributed by atoms with E-state index in [0.717, 1.165) is 5.56 Å². The Labute approximate surface area is 104 Å². The van der Waals surface area contributed by atoms with Crippen molar-refractivity contribution in [1.29, 1.82) is 0 Å². The van der Waals surface area contributed by atoms with Gasteiger partial charge < -0.3 is 9.47 Å². The van der Waals surface area contributed by atoms with Gasteiger partial charge in [0, 0.05) is 4.83 Å². The molecule has 0 aliphatic heterocycles. The molecule has 0 saturated carbocycles. The molecule has 1 aromatic rings. The highest BCUT2D eigenvalue weighted by atomic mass is 79.9. The molecule has 0 heterocycles. The number of hydrogen-bond donors (Lipinski definition) is 0. The fourth-order valence-electron chi connectivity index (χ4n) is 1.20. The lowest BCUT2D eigenvalue weighted by molar-refractivity contribution is -0.145. The van der Waals surface area contributed by atoms with Crippen LogP contribution < -0.4 is 4.74 Å². The SMILES string of the molecule is CCOC(=O)COc1cccc(C(C)Br)c1. The zero-order chi connectivity index (χ0) is 12.0. The van der Waals surface area contributed by atoms with Crippen LogP contribution in [-0.2, 0) is 9.53 Å². The van der Waals surface area contributed by atoms with Crippen molar-refractivity contribution in [2.75, 3.05) is 13.2 Å². The third kappa shape index (κ3) is 4.23. The van der Waals surface area contributed by atoms with Crippen molar-refractivity contribution < 1.29 is 14.3 Å². The number of hydrogen-bond acceptors (Lipinski definition) is 3. The molecule has 0 spiro atoms. The summed E-state index contributed by atoms with van der Waals surface area (Å²) in [6.45, 7) is 4.13. The van der Waals surface area contributed by atoms with Crippen LogP contribution in [0.2, 0.25) is 0 Å². The molecule has 1 aromatic carbocycles. The zero-order valence-corrected chi connectivity index (χ0v) is 11.0. The molecule has 1 atom stereocenters. The van der Waals surface area contributed by atoms with Crippen LogP contribution in [0.3, 0.4) is 0 Å². The number of carbonyl (C=O) groups is 1. The van der Waals surface area contributed by atoms with E-state index in [0.29, 0.717) is 12.4 Å². The molecule has 0 fully saturated rings. The maximum atomic E-state index is 11.1. The third-order valence-electron chi connectivity index (χ3n) is 1.98. The molecular weight excluding hydrogens is 272 g/mol. The fourth-order valence-corrected chi connectivity index (χ4v) is 1.48. The molecule has 0 aliphatic rings. The fraction of sp³-hybridized carbons (Fsp3) is 0.417. The van der Waals surface area contributed by atoms with Crippen LogP contribution in [0.25, 0.3) is 0 Å². The van der Waals surface area contributed by atoms with E-state index in [4.69, 9.17) is 9.47 Å². The lowest BCUT2D eigenvalue weighted by atomic mass is 10.2. The Bertz CT molecular complexity index is 350. The molecule has 1 unspecified atom stereocenters. The van der Waals surface area contributed by atoms with Crippen molar-refractivity contribution in [3.63, 3.8) is 0 Å². The zero-order valence-electron chi connectivity index (χ0n) is 9.40. The first kappa shape index (κ1) is 13.0. The topological polar surface area (TPSA) is 35.5 Å². The minimum atomic E-state index is -0.347. The quantitative estimate of drug-likeness (QED) is 0.616. The minimum Gasteiger partial charge on any atom is -0.482 e. The first-order valence-electron chi connectivity index (χ1n) is 5.16. The lowest BCUT2D eigenvalue weighted by Gasteiger charge is -2.08. The van der Waals surface area contributed by atoms with Crippen LogP contribution in [0.15, 0.2) is 24.3 Å². The van der Waals surface area contributed by atoms with E-state index in [2.05, 4.69) is 15.9 Å². The van der Waals surface area contributed by atoms with Crippen LogP contribution in [0.4, 0.5) is 0 Å². The molecule has 4 heteroatoms. The Morgan fingerprint density at radius 2 is 2.25 bits per heavy atom. The number of esters is 1. The molecule has 0 aliphatic carbocycles. The number of carbonyl (C=O) groups excluding carboxylic acids is 1. The summed E-state index contributed by atoms with van der Waals surface area (Å²) in [5.74, 6) is 0.330. The van der Waals surface area contributed by atoms with Gasteiger partial charge in [-0.3, -0.25) is 0 Å². The largest absolute Gasteiger partial charge is 0.482 e. The van der Waals surface area contributed by atoms with E-state index in [1.807, 2.05) is 31.2 Å². The van der Waals surface area contributed by atoms with Gasteiger partial charge in [-0.1, -0.05) is 28.1 Å². The summed E-state index contributed by atoms with van der Waals surface area (Å²) in [4.78, 5) is 11.3. The van der Waals surface area contributed by atoms with Gasteiger partial charge in [-0.05, 0) is 31.5 Å². The van der Waals surface area contributed by atoms with Crippen LogP contribution in [0, 0.1) is 0 Å². The summed E-state index contributed by atoms with van der Waals surface area (Å²) in [6.07, 6.45) is 0. The molecular formula is C12H15BrO3. The molecule has 1 rings (SSSR count). The Balaban J connectivity index is 2.54. The monoisotopic (exact) mass is 286 g/mol. The van der Waals surface area contributed by atoms with Gasteiger partial charge in [0.2, 0.25) is 0 Å². The van der Waals surface area contributed by atoms with E-state index in [1.54, 1.807) is 6.92 Å². The Morgan fingerprint density at radius 3 is 2.88 bits per heavy atom. The van der Waals surface area contributed by atoms with E-state index >= 15 is 0 Å². The lowest BCUT2D eigenvalue weighted by Crippen LogP contribution is -2.14. The highest BCUT2D eigenvalue weighted by Gasteiger charge is 2.05. The number of ether oxygens (including phenoxy) is 2. The normalized spacial score (nSPS) is 11.9. The minimum absolute atomic E-state index is 0.0477. The molecule has 88 valence electrons. The van der Waals surface area contributed by atoms with Crippen molar-refractivity contribution in [3.8, 4) is 5.75 Å². The van der Waals surface area contributed by atoms with Gasteiger partial charge in [0.05, 0.1) is 6.61 Å². The van der Waals surface area contributed by atoms with Crippen LogP contribution in [-0.4, -0.2) is 19.2 Å². The van der Waals surface area contributed by atoms with Gasteiger partial charge in [-0.25, -0.2) is 4.79 Å². The predicted molar refractivity (Wildman–Crippen MR) is 65.9 cm³/mol. The maximum Gasteiger partial charge on any atom is 0.344 e. The Hall–Kier alpha value is -1.03. The van der Waals surface area contributed by atoms with Gasteiger partial charge in [0.1, 0.15) is 5.75 Å². The number of rotatable bonds is 5. The molecule has 16 heavy (non-hydrogen) atoms. The van der Waals surface area contributed by atoms with Crippen LogP contribution >= 0.6 is 15.9 Å². The average Bonchev–Trinajstić information content (AvgIpc) is 2.27. The first-order chi connectivity index (χ1) is 7.63. The second-order valence-electron chi connectivity index (χ2n) is 3.28. The average molecular weight is 287 g/mol.